The van der Waals surface area contributed by atoms with Gasteiger partial charge in [-0.05, 0) is 68.4 Å². The highest BCUT2D eigenvalue weighted by Crippen LogP contribution is 2.30. The summed E-state index contributed by atoms with van der Waals surface area (Å²) in [5.74, 6) is -0.442. The number of anilines is 2. The quantitative estimate of drug-likeness (QED) is 0.614. The molecule has 0 aliphatic rings. The first-order chi connectivity index (χ1) is 14.1. The number of hydrogen-bond acceptors (Lipinski definition) is 4. The Morgan fingerprint density at radius 1 is 1.10 bits per heavy atom. The molecule has 0 aliphatic heterocycles. The van der Waals surface area contributed by atoms with Gasteiger partial charge in [0.2, 0.25) is 0 Å². The van der Waals surface area contributed by atoms with Crippen molar-refractivity contribution < 1.29 is 13.9 Å². The van der Waals surface area contributed by atoms with Crippen molar-refractivity contribution in [1.29, 1.82) is 0 Å². The van der Waals surface area contributed by atoms with Crippen LogP contribution in [0.4, 0.5) is 15.8 Å². The zero-order valence-corrected chi connectivity index (χ0v) is 16.8. The standard InChI is InChI=1S/C23H24FN3O2/c1-4-27(5-2)18-11-9-17(10-12-18)26-23(28)16-8-13-19(20(24)15-16)22-21(29-3)7-6-14-25-22/h6-15H,4-5H2,1-3H3,(H,26,28). The van der Waals surface area contributed by atoms with Gasteiger partial charge >= 0.3 is 0 Å². The summed E-state index contributed by atoms with van der Waals surface area (Å²) in [5.41, 5.74) is 2.65. The fourth-order valence-electron chi connectivity index (χ4n) is 3.15. The van der Waals surface area contributed by atoms with Crippen molar-refractivity contribution in [3.8, 4) is 17.0 Å². The number of hydrogen-bond donors (Lipinski definition) is 1. The van der Waals surface area contributed by atoms with Crippen molar-refractivity contribution in [2.24, 2.45) is 0 Å². The Morgan fingerprint density at radius 3 is 2.45 bits per heavy atom. The minimum Gasteiger partial charge on any atom is -0.494 e. The number of amides is 1. The molecule has 0 atom stereocenters. The average Bonchev–Trinajstić information content (AvgIpc) is 2.75. The molecule has 0 saturated heterocycles. The van der Waals surface area contributed by atoms with Gasteiger partial charge in [-0.25, -0.2) is 4.39 Å². The van der Waals surface area contributed by atoms with Crippen LogP contribution in [0.5, 0.6) is 5.75 Å². The molecule has 3 aromatic rings. The summed E-state index contributed by atoms with van der Waals surface area (Å²) in [6.45, 7) is 6.01. The second kappa shape index (κ2) is 9.19. The van der Waals surface area contributed by atoms with E-state index in [1.165, 1.54) is 13.2 Å². The first kappa shape index (κ1) is 20.3. The van der Waals surface area contributed by atoms with Crippen molar-refractivity contribution in [3.63, 3.8) is 0 Å². The molecule has 1 aromatic heterocycles. The van der Waals surface area contributed by atoms with Crippen LogP contribution in [0.3, 0.4) is 0 Å². The van der Waals surface area contributed by atoms with Crippen molar-refractivity contribution in [1.82, 2.24) is 4.98 Å². The predicted molar refractivity (Wildman–Crippen MR) is 114 cm³/mol. The van der Waals surface area contributed by atoms with E-state index in [2.05, 4.69) is 29.0 Å². The van der Waals surface area contributed by atoms with E-state index in [0.29, 0.717) is 17.1 Å². The van der Waals surface area contributed by atoms with Gasteiger partial charge < -0.3 is 15.0 Å². The number of rotatable bonds is 7. The lowest BCUT2D eigenvalue weighted by Gasteiger charge is -2.21. The molecule has 1 heterocycles. The Morgan fingerprint density at radius 2 is 1.83 bits per heavy atom. The summed E-state index contributed by atoms with van der Waals surface area (Å²) in [6.07, 6.45) is 1.57. The first-order valence-corrected chi connectivity index (χ1v) is 9.52. The Kier molecular flexibility index (Phi) is 6.44. The van der Waals surface area contributed by atoms with Crippen LogP contribution in [0.2, 0.25) is 0 Å². The van der Waals surface area contributed by atoms with E-state index >= 15 is 0 Å². The molecule has 1 N–H and O–H groups in total. The number of pyridine rings is 1. The molecule has 2 aromatic carbocycles. The Balaban J connectivity index is 1.77. The molecule has 0 spiro atoms. The highest BCUT2D eigenvalue weighted by atomic mass is 19.1. The lowest BCUT2D eigenvalue weighted by atomic mass is 10.1. The van der Waals surface area contributed by atoms with E-state index in [-0.39, 0.29) is 17.0 Å². The number of aromatic nitrogens is 1. The van der Waals surface area contributed by atoms with E-state index in [9.17, 15) is 9.18 Å². The van der Waals surface area contributed by atoms with Gasteiger partial charge in [0.1, 0.15) is 17.3 Å². The molecule has 6 heteroatoms. The third-order valence-corrected chi connectivity index (χ3v) is 4.73. The SMILES string of the molecule is CCN(CC)c1ccc(NC(=O)c2ccc(-c3ncccc3OC)c(F)c2)cc1. The fraction of sp³-hybridized carbons (Fsp3) is 0.217. The Bertz CT molecular complexity index is 986. The molecule has 0 fully saturated rings. The van der Waals surface area contributed by atoms with Crippen LogP contribution < -0.4 is 15.0 Å². The summed E-state index contributed by atoms with van der Waals surface area (Å²) < 4.78 is 19.9. The van der Waals surface area contributed by atoms with Crippen molar-refractivity contribution in [2.45, 2.75) is 13.8 Å². The maximum Gasteiger partial charge on any atom is 0.255 e. The lowest BCUT2D eigenvalue weighted by molar-refractivity contribution is 0.102. The molecule has 1 amide bonds. The fourth-order valence-corrected chi connectivity index (χ4v) is 3.15. The zero-order valence-electron chi connectivity index (χ0n) is 16.8. The van der Waals surface area contributed by atoms with Crippen molar-refractivity contribution in [3.05, 3.63) is 72.2 Å². The normalized spacial score (nSPS) is 10.5. The van der Waals surface area contributed by atoms with Crippen LogP contribution in [0, 0.1) is 5.82 Å². The maximum absolute atomic E-state index is 14.7. The number of halogens is 1. The second-order valence-corrected chi connectivity index (χ2v) is 6.42. The maximum atomic E-state index is 14.7. The summed E-state index contributed by atoms with van der Waals surface area (Å²) in [6, 6.07) is 15.4. The monoisotopic (exact) mass is 393 g/mol. The number of carbonyl (C=O) groups is 1. The molecule has 0 saturated carbocycles. The van der Waals surface area contributed by atoms with Gasteiger partial charge in [0.25, 0.3) is 5.91 Å². The molecule has 0 bridgehead atoms. The highest BCUT2D eigenvalue weighted by molar-refractivity contribution is 6.04. The largest absolute Gasteiger partial charge is 0.494 e. The van der Waals surface area contributed by atoms with E-state index in [1.807, 2.05) is 24.3 Å². The second-order valence-electron chi connectivity index (χ2n) is 6.42. The molecule has 150 valence electrons. The summed E-state index contributed by atoms with van der Waals surface area (Å²) in [4.78, 5) is 18.9. The molecular formula is C23H24FN3O2. The Hall–Kier alpha value is -3.41. The van der Waals surface area contributed by atoms with Gasteiger partial charge in [-0.15, -0.1) is 0 Å². The minimum atomic E-state index is -0.536. The summed E-state index contributed by atoms with van der Waals surface area (Å²) >= 11 is 0. The van der Waals surface area contributed by atoms with Gasteiger partial charge in [0.15, 0.2) is 0 Å². The topological polar surface area (TPSA) is 54.5 Å². The highest BCUT2D eigenvalue weighted by Gasteiger charge is 2.15. The number of nitrogens with one attached hydrogen (secondary N) is 1. The van der Waals surface area contributed by atoms with Crippen LogP contribution in [-0.4, -0.2) is 31.1 Å². The summed E-state index contributed by atoms with van der Waals surface area (Å²) in [5, 5.41) is 2.80. The average molecular weight is 393 g/mol. The third-order valence-electron chi connectivity index (χ3n) is 4.73. The number of benzene rings is 2. The number of ether oxygens (including phenoxy) is 1. The van der Waals surface area contributed by atoms with E-state index in [1.54, 1.807) is 30.5 Å². The molecular weight excluding hydrogens is 369 g/mol. The number of carbonyl (C=O) groups excluding carboxylic acids is 1. The molecule has 0 aliphatic carbocycles. The van der Waals surface area contributed by atoms with Crippen LogP contribution in [-0.2, 0) is 0 Å². The molecule has 5 nitrogen and oxygen atoms in total. The van der Waals surface area contributed by atoms with Crippen molar-refractivity contribution >= 4 is 17.3 Å². The van der Waals surface area contributed by atoms with Gasteiger partial charge in [-0.1, -0.05) is 0 Å². The Labute approximate surface area is 170 Å². The molecule has 0 unspecified atom stereocenters. The van der Waals surface area contributed by atoms with Crippen LogP contribution in [0.15, 0.2) is 60.8 Å². The van der Waals surface area contributed by atoms with E-state index in [0.717, 1.165) is 18.8 Å². The molecule has 0 radical (unpaired) electrons. The molecule has 3 rings (SSSR count). The van der Waals surface area contributed by atoms with Gasteiger partial charge in [-0.3, -0.25) is 9.78 Å². The number of nitrogens with zero attached hydrogens (tertiary/aromatic N) is 2. The van der Waals surface area contributed by atoms with Crippen molar-refractivity contribution in [2.75, 3.05) is 30.4 Å². The smallest absolute Gasteiger partial charge is 0.255 e. The number of methoxy groups -OCH3 is 1. The summed E-state index contributed by atoms with van der Waals surface area (Å²) in [7, 11) is 1.51. The van der Waals surface area contributed by atoms with E-state index < -0.39 is 5.82 Å². The van der Waals surface area contributed by atoms with Crippen LogP contribution in [0.1, 0.15) is 24.2 Å². The van der Waals surface area contributed by atoms with E-state index in [4.69, 9.17) is 4.74 Å². The van der Waals surface area contributed by atoms with Gasteiger partial charge in [0, 0.05) is 41.8 Å². The minimum absolute atomic E-state index is 0.231. The molecule has 29 heavy (non-hydrogen) atoms. The van der Waals surface area contributed by atoms with Crippen LogP contribution >= 0.6 is 0 Å². The van der Waals surface area contributed by atoms with Gasteiger partial charge in [0.05, 0.1) is 7.11 Å². The third kappa shape index (κ3) is 4.54. The van der Waals surface area contributed by atoms with Gasteiger partial charge in [-0.2, -0.15) is 0 Å². The predicted octanol–water partition coefficient (Wildman–Crippen LogP) is 4.99. The first-order valence-electron chi connectivity index (χ1n) is 9.52. The lowest BCUT2D eigenvalue weighted by Crippen LogP contribution is -2.21. The zero-order chi connectivity index (χ0) is 20.8. The van der Waals surface area contributed by atoms with Crippen LogP contribution in [0.25, 0.3) is 11.3 Å².